The van der Waals surface area contributed by atoms with Gasteiger partial charge in [-0.1, -0.05) is 24.3 Å². The van der Waals surface area contributed by atoms with Crippen LogP contribution in [-0.2, 0) is 16.4 Å². The van der Waals surface area contributed by atoms with E-state index in [0.29, 0.717) is 17.3 Å². The first-order chi connectivity index (χ1) is 10.2. The molecule has 2 nitrogen and oxygen atoms in total. The molecule has 0 radical (unpaired) electrons. The smallest absolute Gasteiger partial charge is 0.234 e. The molecule has 0 atom stereocenters. The molecule has 110 valence electrons. The normalized spacial score (nSPS) is 10.4. The lowest BCUT2D eigenvalue weighted by Gasteiger charge is -2.05. The van der Waals surface area contributed by atoms with Crippen LogP contribution < -0.4 is 5.32 Å². The van der Waals surface area contributed by atoms with Gasteiger partial charge in [0.1, 0.15) is 5.82 Å². The number of carbonyl (C=O) groups excluding carboxylic acids is 1. The second-order valence-electron chi connectivity index (χ2n) is 4.50. The number of amides is 1. The van der Waals surface area contributed by atoms with E-state index in [-0.39, 0.29) is 11.7 Å². The number of anilines is 1. The molecule has 1 amide bonds. The SMILES string of the molecule is O=C(CSCc1ccc(CCl)cc1)Nc1ccc(F)cc1. The van der Waals surface area contributed by atoms with Crippen LogP contribution in [-0.4, -0.2) is 11.7 Å². The van der Waals surface area contributed by atoms with Gasteiger partial charge in [0.15, 0.2) is 0 Å². The van der Waals surface area contributed by atoms with E-state index in [4.69, 9.17) is 11.6 Å². The van der Waals surface area contributed by atoms with E-state index in [0.717, 1.165) is 16.9 Å². The van der Waals surface area contributed by atoms with Gasteiger partial charge in [-0.2, -0.15) is 0 Å². The van der Waals surface area contributed by atoms with Crippen molar-refractivity contribution in [2.24, 2.45) is 0 Å². The van der Waals surface area contributed by atoms with Crippen LogP contribution in [0.25, 0.3) is 0 Å². The summed E-state index contributed by atoms with van der Waals surface area (Å²) >= 11 is 7.26. The summed E-state index contributed by atoms with van der Waals surface area (Å²) in [6.45, 7) is 0. The number of carbonyl (C=O) groups is 1. The van der Waals surface area contributed by atoms with Crippen molar-refractivity contribution in [3.63, 3.8) is 0 Å². The molecular formula is C16H15ClFNOS. The molecule has 2 rings (SSSR count). The number of rotatable bonds is 6. The number of alkyl halides is 1. The van der Waals surface area contributed by atoms with Gasteiger partial charge in [0.05, 0.1) is 5.75 Å². The van der Waals surface area contributed by atoms with Crippen LogP contribution in [0.2, 0.25) is 0 Å². The molecule has 0 fully saturated rings. The summed E-state index contributed by atoms with van der Waals surface area (Å²) in [6, 6.07) is 13.7. The summed E-state index contributed by atoms with van der Waals surface area (Å²) in [5.41, 5.74) is 2.84. The zero-order chi connectivity index (χ0) is 15.1. The number of hydrogen-bond acceptors (Lipinski definition) is 2. The third-order valence-corrected chi connectivity index (χ3v) is 4.12. The average Bonchev–Trinajstić information content (AvgIpc) is 2.50. The number of hydrogen-bond donors (Lipinski definition) is 1. The molecule has 0 saturated carbocycles. The summed E-state index contributed by atoms with van der Waals surface area (Å²) in [5, 5.41) is 2.73. The quantitative estimate of drug-likeness (QED) is 0.796. The summed E-state index contributed by atoms with van der Waals surface area (Å²) < 4.78 is 12.7. The lowest BCUT2D eigenvalue weighted by molar-refractivity contribution is -0.113. The van der Waals surface area contributed by atoms with Crippen LogP contribution >= 0.6 is 23.4 Å². The first-order valence-corrected chi connectivity index (χ1v) is 8.13. The Morgan fingerprint density at radius 2 is 1.67 bits per heavy atom. The van der Waals surface area contributed by atoms with Gasteiger partial charge in [-0.25, -0.2) is 4.39 Å². The Kier molecular flexibility index (Phi) is 6.08. The third kappa shape index (κ3) is 5.40. The molecule has 0 spiro atoms. The Hall–Kier alpha value is -1.52. The highest BCUT2D eigenvalue weighted by Gasteiger charge is 2.03. The van der Waals surface area contributed by atoms with Gasteiger partial charge < -0.3 is 5.32 Å². The lowest BCUT2D eigenvalue weighted by atomic mass is 10.2. The van der Waals surface area contributed by atoms with E-state index < -0.39 is 0 Å². The molecule has 2 aromatic carbocycles. The summed E-state index contributed by atoms with van der Waals surface area (Å²) in [4.78, 5) is 11.7. The van der Waals surface area contributed by atoms with Crippen LogP contribution in [0.4, 0.5) is 10.1 Å². The first kappa shape index (κ1) is 15.9. The molecule has 0 saturated heterocycles. The fraction of sp³-hybridized carbons (Fsp3) is 0.188. The van der Waals surface area contributed by atoms with E-state index in [1.54, 1.807) is 12.1 Å². The van der Waals surface area contributed by atoms with Gasteiger partial charge in [-0.05, 0) is 35.4 Å². The second kappa shape index (κ2) is 8.05. The topological polar surface area (TPSA) is 29.1 Å². The predicted molar refractivity (Wildman–Crippen MR) is 87.2 cm³/mol. The highest BCUT2D eigenvalue weighted by molar-refractivity contribution is 7.99. The molecule has 0 aromatic heterocycles. The first-order valence-electron chi connectivity index (χ1n) is 6.44. The molecule has 0 bridgehead atoms. The maximum absolute atomic E-state index is 12.7. The predicted octanol–water partition coefficient (Wildman–Crippen LogP) is 4.44. The minimum Gasteiger partial charge on any atom is -0.325 e. The zero-order valence-electron chi connectivity index (χ0n) is 11.3. The van der Waals surface area contributed by atoms with Gasteiger partial charge in [-0.3, -0.25) is 4.79 Å². The van der Waals surface area contributed by atoms with Crippen molar-refractivity contribution in [1.82, 2.24) is 0 Å². The van der Waals surface area contributed by atoms with Crippen molar-refractivity contribution in [3.8, 4) is 0 Å². The molecule has 1 N–H and O–H groups in total. The summed E-state index contributed by atoms with van der Waals surface area (Å²) in [5.74, 6) is 1.22. The number of benzene rings is 2. The Morgan fingerprint density at radius 3 is 2.29 bits per heavy atom. The Bertz CT molecular complexity index is 586. The lowest BCUT2D eigenvalue weighted by Crippen LogP contribution is -2.14. The van der Waals surface area contributed by atoms with E-state index in [1.165, 1.54) is 23.9 Å². The molecule has 0 unspecified atom stereocenters. The van der Waals surface area contributed by atoms with E-state index >= 15 is 0 Å². The maximum Gasteiger partial charge on any atom is 0.234 e. The van der Waals surface area contributed by atoms with Crippen molar-refractivity contribution in [3.05, 3.63) is 65.5 Å². The standard InChI is InChI=1S/C16H15ClFNOS/c17-9-12-1-3-13(4-2-12)10-21-11-16(20)19-15-7-5-14(18)6-8-15/h1-8H,9-11H2,(H,19,20). The average molecular weight is 324 g/mol. The number of nitrogens with one attached hydrogen (secondary N) is 1. The molecular weight excluding hydrogens is 309 g/mol. The molecule has 21 heavy (non-hydrogen) atoms. The van der Waals surface area contributed by atoms with Gasteiger partial charge in [0.2, 0.25) is 5.91 Å². The van der Waals surface area contributed by atoms with Crippen molar-refractivity contribution in [2.45, 2.75) is 11.6 Å². The summed E-state index contributed by atoms with van der Waals surface area (Å²) in [6.07, 6.45) is 0. The molecule has 0 aliphatic carbocycles. The van der Waals surface area contributed by atoms with Crippen LogP contribution in [0, 0.1) is 5.82 Å². The molecule has 0 heterocycles. The minimum absolute atomic E-state index is 0.0935. The third-order valence-electron chi connectivity index (χ3n) is 2.81. The van der Waals surface area contributed by atoms with Crippen molar-refractivity contribution in [2.75, 3.05) is 11.1 Å². The van der Waals surface area contributed by atoms with Crippen LogP contribution in [0.5, 0.6) is 0 Å². The van der Waals surface area contributed by atoms with E-state index in [1.807, 2.05) is 24.3 Å². The van der Waals surface area contributed by atoms with Crippen LogP contribution in [0.15, 0.2) is 48.5 Å². The number of halogens is 2. The minimum atomic E-state index is -0.317. The molecule has 0 aliphatic rings. The highest BCUT2D eigenvalue weighted by Crippen LogP contribution is 2.15. The second-order valence-corrected chi connectivity index (χ2v) is 5.75. The van der Waals surface area contributed by atoms with Crippen molar-refractivity contribution >= 4 is 35.0 Å². The van der Waals surface area contributed by atoms with Gasteiger partial charge in [-0.15, -0.1) is 23.4 Å². The fourth-order valence-corrected chi connectivity index (χ4v) is 2.68. The van der Waals surface area contributed by atoms with Crippen LogP contribution in [0.1, 0.15) is 11.1 Å². The van der Waals surface area contributed by atoms with Gasteiger partial charge in [0.25, 0.3) is 0 Å². The maximum atomic E-state index is 12.7. The summed E-state index contributed by atoms with van der Waals surface area (Å²) in [7, 11) is 0. The van der Waals surface area contributed by atoms with Crippen molar-refractivity contribution in [1.29, 1.82) is 0 Å². The Labute approximate surface area is 132 Å². The van der Waals surface area contributed by atoms with E-state index in [9.17, 15) is 9.18 Å². The molecule has 2 aromatic rings. The Morgan fingerprint density at radius 1 is 1.05 bits per heavy atom. The largest absolute Gasteiger partial charge is 0.325 e. The molecule has 0 aliphatic heterocycles. The van der Waals surface area contributed by atoms with Gasteiger partial charge in [0, 0.05) is 17.3 Å². The number of thioether (sulfide) groups is 1. The van der Waals surface area contributed by atoms with Crippen LogP contribution in [0.3, 0.4) is 0 Å². The van der Waals surface area contributed by atoms with Gasteiger partial charge >= 0.3 is 0 Å². The fourth-order valence-electron chi connectivity index (χ4n) is 1.72. The monoisotopic (exact) mass is 323 g/mol. The van der Waals surface area contributed by atoms with E-state index in [2.05, 4.69) is 5.32 Å². The zero-order valence-corrected chi connectivity index (χ0v) is 12.9. The Balaban J connectivity index is 1.74. The molecule has 5 heteroatoms. The van der Waals surface area contributed by atoms with Crippen molar-refractivity contribution < 1.29 is 9.18 Å². The highest BCUT2D eigenvalue weighted by atomic mass is 35.5.